The molecule has 0 spiro atoms. The highest BCUT2D eigenvalue weighted by molar-refractivity contribution is 5.95. The molecule has 0 amide bonds. The molecule has 0 aliphatic heterocycles. The molecule has 126 valence electrons. The molecule has 0 heterocycles. The van der Waals surface area contributed by atoms with Gasteiger partial charge >= 0.3 is 5.97 Å². The Balaban J connectivity index is 4.36. The van der Waals surface area contributed by atoms with Crippen LogP contribution in [0.5, 0.6) is 0 Å². The molecule has 0 unspecified atom stereocenters. The van der Waals surface area contributed by atoms with Crippen LogP contribution < -0.4 is 0 Å². The number of hydrogen-bond donors (Lipinski definition) is 0. The third-order valence-corrected chi connectivity index (χ3v) is 2.30. The van der Waals surface area contributed by atoms with Crippen LogP contribution >= 0.6 is 0 Å². The molecular weight excluding hydrogens is 308 g/mol. The molecule has 0 rings (SSSR count). The Morgan fingerprint density at radius 2 is 1.45 bits per heavy atom. The lowest BCUT2D eigenvalue weighted by molar-refractivity contribution is -0.174. The van der Waals surface area contributed by atoms with Crippen molar-refractivity contribution in [3.05, 3.63) is 24.3 Å². The van der Waals surface area contributed by atoms with E-state index in [0.29, 0.717) is 0 Å². The standard InChI is InChI=1S/C14H18F4O4/c1-9(2)11(19)5-21-7-13(15,16)6-14(17,18)8-22-12(20)10(3)4/h1,3,5-8H2,2,4H3. The third kappa shape index (κ3) is 8.56. The van der Waals surface area contributed by atoms with Gasteiger partial charge in [0, 0.05) is 5.57 Å². The van der Waals surface area contributed by atoms with Gasteiger partial charge in [-0.15, -0.1) is 0 Å². The minimum atomic E-state index is -3.93. The summed E-state index contributed by atoms with van der Waals surface area (Å²) in [4.78, 5) is 22.0. The normalized spacial score (nSPS) is 11.9. The predicted molar refractivity (Wildman–Crippen MR) is 70.9 cm³/mol. The van der Waals surface area contributed by atoms with E-state index in [2.05, 4.69) is 22.6 Å². The molecule has 0 N–H and O–H groups in total. The van der Waals surface area contributed by atoms with Gasteiger partial charge in [-0.2, -0.15) is 0 Å². The van der Waals surface area contributed by atoms with Crippen molar-refractivity contribution in [2.24, 2.45) is 0 Å². The first kappa shape index (κ1) is 20.3. The Kier molecular flexibility index (Phi) is 7.45. The number of halogens is 4. The summed E-state index contributed by atoms with van der Waals surface area (Å²) >= 11 is 0. The summed E-state index contributed by atoms with van der Waals surface area (Å²) < 4.78 is 62.0. The van der Waals surface area contributed by atoms with Crippen LogP contribution in [0.2, 0.25) is 0 Å². The van der Waals surface area contributed by atoms with E-state index >= 15 is 0 Å². The van der Waals surface area contributed by atoms with Gasteiger partial charge in [-0.1, -0.05) is 13.2 Å². The van der Waals surface area contributed by atoms with E-state index in [1.54, 1.807) is 0 Å². The Labute approximate surface area is 125 Å². The zero-order chi connectivity index (χ0) is 17.6. The van der Waals surface area contributed by atoms with Crippen molar-refractivity contribution < 1.29 is 36.6 Å². The maximum atomic E-state index is 13.4. The number of Topliss-reactive ketones (excluding diaryl/α,β-unsaturated/α-hetero) is 1. The minimum Gasteiger partial charge on any atom is -0.456 e. The molecule has 4 nitrogen and oxygen atoms in total. The van der Waals surface area contributed by atoms with Crippen LogP contribution in [0.4, 0.5) is 17.6 Å². The molecule has 0 bridgehead atoms. The van der Waals surface area contributed by atoms with Crippen LogP contribution in [-0.2, 0) is 19.1 Å². The topological polar surface area (TPSA) is 52.6 Å². The van der Waals surface area contributed by atoms with E-state index < -0.39 is 49.8 Å². The SMILES string of the molecule is C=C(C)C(=O)COCC(F)(F)CC(F)(F)COC(=O)C(=C)C. The van der Waals surface area contributed by atoms with Gasteiger partial charge < -0.3 is 9.47 Å². The second-order valence-electron chi connectivity index (χ2n) is 4.94. The molecular formula is C14H18F4O4. The van der Waals surface area contributed by atoms with Crippen molar-refractivity contribution in [3.63, 3.8) is 0 Å². The second-order valence-corrected chi connectivity index (χ2v) is 4.94. The zero-order valence-electron chi connectivity index (χ0n) is 12.4. The predicted octanol–water partition coefficient (Wildman–Crippen LogP) is 2.93. The average Bonchev–Trinajstić information content (AvgIpc) is 2.33. The lowest BCUT2D eigenvalue weighted by atomic mass is 10.1. The number of hydrogen-bond acceptors (Lipinski definition) is 4. The van der Waals surface area contributed by atoms with Gasteiger partial charge in [0.2, 0.25) is 0 Å². The first-order valence-corrected chi connectivity index (χ1v) is 6.21. The molecule has 0 aromatic carbocycles. The van der Waals surface area contributed by atoms with E-state index in [1.165, 1.54) is 13.8 Å². The summed E-state index contributed by atoms with van der Waals surface area (Å²) in [5.41, 5.74) is -0.00967. The molecule has 0 aliphatic rings. The highest BCUT2D eigenvalue weighted by atomic mass is 19.3. The Bertz CT molecular complexity index is 458. The van der Waals surface area contributed by atoms with E-state index in [9.17, 15) is 27.2 Å². The van der Waals surface area contributed by atoms with Crippen molar-refractivity contribution in [2.75, 3.05) is 19.8 Å². The Morgan fingerprint density at radius 1 is 0.955 bits per heavy atom. The summed E-state index contributed by atoms with van der Waals surface area (Å²) in [6.45, 7) is 5.57. The van der Waals surface area contributed by atoms with Crippen molar-refractivity contribution in [1.29, 1.82) is 0 Å². The number of ketones is 1. The Morgan fingerprint density at radius 3 is 1.91 bits per heavy atom. The highest BCUT2D eigenvalue weighted by Crippen LogP contribution is 2.31. The van der Waals surface area contributed by atoms with Crippen LogP contribution in [0.15, 0.2) is 24.3 Å². The van der Waals surface area contributed by atoms with E-state index in [-0.39, 0.29) is 11.1 Å². The van der Waals surface area contributed by atoms with Gasteiger partial charge in [0.15, 0.2) is 12.4 Å². The number of rotatable bonds is 10. The quantitative estimate of drug-likeness (QED) is 0.352. The van der Waals surface area contributed by atoms with Crippen LogP contribution in [-0.4, -0.2) is 43.4 Å². The van der Waals surface area contributed by atoms with Crippen LogP contribution in [0.1, 0.15) is 20.3 Å². The average molecular weight is 326 g/mol. The van der Waals surface area contributed by atoms with Gasteiger partial charge in [0.05, 0.1) is 6.42 Å². The lowest BCUT2D eigenvalue weighted by Gasteiger charge is -2.22. The van der Waals surface area contributed by atoms with E-state index in [0.717, 1.165) is 0 Å². The highest BCUT2D eigenvalue weighted by Gasteiger charge is 2.44. The summed E-state index contributed by atoms with van der Waals surface area (Å²) in [5, 5.41) is 0. The van der Waals surface area contributed by atoms with Gasteiger partial charge in [0.1, 0.15) is 13.2 Å². The fraction of sp³-hybridized carbons (Fsp3) is 0.571. The maximum Gasteiger partial charge on any atom is 0.333 e. The number of alkyl halides is 4. The molecule has 0 atom stereocenters. The molecule has 0 fully saturated rings. The van der Waals surface area contributed by atoms with Crippen molar-refractivity contribution in [3.8, 4) is 0 Å². The third-order valence-electron chi connectivity index (χ3n) is 2.30. The second kappa shape index (κ2) is 8.07. The first-order chi connectivity index (χ1) is 9.86. The first-order valence-electron chi connectivity index (χ1n) is 6.21. The fourth-order valence-electron chi connectivity index (χ4n) is 1.19. The Hall–Kier alpha value is -1.70. The number of carbonyl (C=O) groups excluding carboxylic acids is 2. The van der Waals surface area contributed by atoms with Gasteiger partial charge in [0.25, 0.3) is 11.8 Å². The van der Waals surface area contributed by atoms with E-state index in [1.807, 2.05) is 0 Å². The smallest absolute Gasteiger partial charge is 0.333 e. The molecule has 0 aromatic heterocycles. The lowest BCUT2D eigenvalue weighted by Crippen LogP contribution is -2.37. The molecule has 0 saturated carbocycles. The molecule has 0 aliphatic carbocycles. The van der Waals surface area contributed by atoms with Crippen molar-refractivity contribution in [1.82, 2.24) is 0 Å². The molecule has 22 heavy (non-hydrogen) atoms. The summed E-state index contributed by atoms with van der Waals surface area (Å²) in [7, 11) is 0. The molecule has 0 aromatic rings. The van der Waals surface area contributed by atoms with Gasteiger partial charge in [-0.3, -0.25) is 4.79 Å². The van der Waals surface area contributed by atoms with Gasteiger partial charge in [-0.05, 0) is 19.4 Å². The van der Waals surface area contributed by atoms with Crippen LogP contribution in [0.25, 0.3) is 0 Å². The van der Waals surface area contributed by atoms with Gasteiger partial charge in [-0.25, -0.2) is 22.4 Å². The number of carbonyl (C=O) groups is 2. The largest absolute Gasteiger partial charge is 0.456 e. The van der Waals surface area contributed by atoms with Crippen molar-refractivity contribution in [2.45, 2.75) is 32.1 Å². The molecule has 8 heteroatoms. The fourth-order valence-corrected chi connectivity index (χ4v) is 1.19. The number of esters is 1. The molecule has 0 radical (unpaired) electrons. The summed E-state index contributed by atoms with van der Waals surface area (Å²) in [6.07, 6.45) is -1.87. The summed E-state index contributed by atoms with van der Waals surface area (Å²) in [6, 6.07) is 0. The maximum absolute atomic E-state index is 13.4. The number of ether oxygens (including phenoxy) is 2. The minimum absolute atomic E-state index is 0.111. The monoisotopic (exact) mass is 326 g/mol. The zero-order valence-corrected chi connectivity index (χ0v) is 12.4. The van der Waals surface area contributed by atoms with Crippen LogP contribution in [0.3, 0.4) is 0 Å². The van der Waals surface area contributed by atoms with Crippen molar-refractivity contribution >= 4 is 11.8 Å². The van der Waals surface area contributed by atoms with Crippen LogP contribution in [0, 0.1) is 0 Å². The van der Waals surface area contributed by atoms with E-state index in [4.69, 9.17) is 0 Å². The molecule has 0 saturated heterocycles. The summed E-state index contributed by atoms with van der Waals surface area (Å²) in [5.74, 6) is -9.51.